The van der Waals surface area contributed by atoms with E-state index in [4.69, 9.17) is 9.84 Å². The largest absolute Gasteiger partial charge is 0.481 e. The molecule has 0 heterocycles. The van der Waals surface area contributed by atoms with Crippen molar-refractivity contribution in [2.75, 3.05) is 0 Å². The van der Waals surface area contributed by atoms with E-state index in [0.717, 1.165) is 0 Å². The maximum atomic E-state index is 11.9. The molecule has 0 bridgehead atoms. The van der Waals surface area contributed by atoms with Crippen molar-refractivity contribution in [1.82, 2.24) is 5.32 Å². The molecule has 1 amide bonds. The van der Waals surface area contributed by atoms with Crippen molar-refractivity contribution in [2.24, 2.45) is 0 Å². The number of hydrogen-bond donors (Lipinski definition) is 2. The highest BCUT2D eigenvalue weighted by atomic mass is 16.5. The molecule has 1 atom stereocenters. The van der Waals surface area contributed by atoms with Crippen LogP contribution in [0.3, 0.4) is 0 Å². The quantitative estimate of drug-likeness (QED) is 0.864. The van der Waals surface area contributed by atoms with Crippen LogP contribution in [0.25, 0.3) is 0 Å². The summed E-state index contributed by atoms with van der Waals surface area (Å²) in [5, 5.41) is 11.7. The third-order valence-electron chi connectivity index (χ3n) is 2.49. The number of carbonyl (C=O) groups excluding carboxylic acids is 1. The number of carbonyl (C=O) groups is 2. The van der Waals surface area contributed by atoms with E-state index in [1.807, 2.05) is 20.8 Å². The fourth-order valence-electron chi connectivity index (χ4n) is 1.64. The maximum absolute atomic E-state index is 11.9. The van der Waals surface area contributed by atoms with E-state index in [0.29, 0.717) is 11.3 Å². The highest BCUT2D eigenvalue weighted by Gasteiger charge is 2.21. The summed E-state index contributed by atoms with van der Waals surface area (Å²) in [6, 6.07) is 6.83. The van der Waals surface area contributed by atoms with E-state index < -0.39 is 12.1 Å². The molecule has 0 spiro atoms. The number of aliphatic carboxylic acids is 1. The third kappa shape index (κ3) is 5.30. The first kappa shape index (κ1) is 16.0. The van der Waals surface area contributed by atoms with Crippen molar-refractivity contribution in [3.63, 3.8) is 0 Å². The third-order valence-corrected chi connectivity index (χ3v) is 2.49. The van der Waals surface area contributed by atoms with Crippen LogP contribution in [-0.2, 0) is 16.0 Å². The second-order valence-electron chi connectivity index (χ2n) is 5.68. The smallest absolute Gasteiger partial charge is 0.307 e. The summed E-state index contributed by atoms with van der Waals surface area (Å²) in [6.45, 7) is 7.29. The van der Waals surface area contributed by atoms with Crippen molar-refractivity contribution < 1.29 is 19.4 Å². The predicted octanol–water partition coefficient (Wildman–Crippen LogP) is 2.00. The molecule has 1 unspecified atom stereocenters. The molecule has 2 N–H and O–H groups in total. The Balaban J connectivity index is 2.77. The Hall–Kier alpha value is -2.04. The fraction of sp³-hybridized carbons (Fsp3) is 0.467. The van der Waals surface area contributed by atoms with Crippen molar-refractivity contribution in [3.05, 3.63) is 29.8 Å². The minimum Gasteiger partial charge on any atom is -0.481 e. The van der Waals surface area contributed by atoms with Crippen LogP contribution in [0.4, 0.5) is 0 Å². The Kier molecular flexibility index (Phi) is 5.13. The molecule has 5 nitrogen and oxygen atoms in total. The molecule has 110 valence electrons. The Morgan fingerprint density at radius 1 is 1.30 bits per heavy atom. The van der Waals surface area contributed by atoms with E-state index in [1.165, 1.54) is 0 Å². The van der Waals surface area contributed by atoms with E-state index >= 15 is 0 Å². The second kappa shape index (κ2) is 6.41. The van der Waals surface area contributed by atoms with Crippen LogP contribution in [0.1, 0.15) is 33.3 Å². The van der Waals surface area contributed by atoms with Gasteiger partial charge in [0.25, 0.3) is 5.91 Å². The Morgan fingerprint density at radius 2 is 1.90 bits per heavy atom. The van der Waals surface area contributed by atoms with Gasteiger partial charge in [-0.25, -0.2) is 0 Å². The number of ether oxygens (including phenoxy) is 1. The van der Waals surface area contributed by atoms with Gasteiger partial charge in [-0.05, 0) is 33.8 Å². The lowest BCUT2D eigenvalue weighted by molar-refractivity contribution is -0.136. The normalized spacial score (nSPS) is 12.6. The average molecular weight is 279 g/mol. The SMILES string of the molecule is CC(Oc1ccccc1CC(=O)O)C(=O)NC(C)(C)C. The molecule has 0 aliphatic carbocycles. The number of nitrogens with one attached hydrogen (secondary N) is 1. The van der Waals surface area contributed by atoms with Gasteiger partial charge in [-0.2, -0.15) is 0 Å². The molecule has 0 aromatic heterocycles. The van der Waals surface area contributed by atoms with E-state index in [-0.39, 0.29) is 17.9 Å². The summed E-state index contributed by atoms with van der Waals surface area (Å²) < 4.78 is 5.58. The van der Waals surface area contributed by atoms with Gasteiger partial charge in [-0.15, -0.1) is 0 Å². The summed E-state index contributed by atoms with van der Waals surface area (Å²) in [6.07, 6.45) is -0.826. The lowest BCUT2D eigenvalue weighted by Crippen LogP contribution is -2.46. The Morgan fingerprint density at radius 3 is 2.45 bits per heavy atom. The van der Waals surface area contributed by atoms with Crippen molar-refractivity contribution in [1.29, 1.82) is 0 Å². The molecule has 0 saturated carbocycles. The molecule has 1 rings (SSSR count). The number of benzene rings is 1. The molecule has 0 saturated heterocycles. The van der Waals surface area contributed by atoms with Crippen molar-refractivity contribution in [3.8, 4) is 5.75 Å². The van der Waals surface area contributed by atoms with Gasteiger partial charge in [0.1, 0.15) is 5.75 Å². The highest BCUT2D eigenvalue weighted by Crippen LogP contribution is 2.20. The lowest BCUT2D eigenvalue weighted by Gasteiger charge is -2.24. The molecule has 0 aliphatic rings. The molecule has 0 radical (unpaired) electrons. The molecular weight excluding hydrogens is 258 g/mol. The van der Waals surface area contributed by atoms with Crippen molar-refractivity contribution >= 4 is 11.9 Å². The first-order chi connectivity index (χ1) is 9.19. The van der Waals surface area contributed by atoms with Gasteiger partial charge >= 0.3 is 5.97 Å². The zero-order valence-corrected chi connectivity index (χ0v) is 12.3. The van der Waals surface area contributed by atoms with Crippen LogP contribution in [0.15, 0.2) is 24.3 Å². The number of hydrogen-bond acceptors (Lipinski definition) is 3. The van der Waals surface area contributed by atoms with Crippen molar-refractivity contribution in [2.45, 2.75) is 45.8 Å². The summed E-state index contributed by atoms with van der Waals surface area (Å²) in [5.74, 6) is -0.748. The Bertz CT molecular complexity index is 491. The van der Waals surface area contributed by atoms with Crippen LogP contribution in [0.5, 0.6) is 5.75 Å². The first-order valence-corrected chi connectivity index (χ1v) is 6.47. The molecule has 0 aliphatic heterocycles. The van der Waals surface area contributed by atoms with Crippen LogP contribution < -0.4 is 10.1 Å². The standard InChI is InChI=1S/C15H21NO4/c1-10(14(19)16-15(2,3)4)20-12-8-6-5-7-11(12)9-13(17)18/h5-8,10H,9H2,1-4H3,(H,16,19)(H,17,18). The van der Waals surface area contributed by atoms with Gasteiger partial charge in [0, 0.05) is 11.1 Å². The number of carboxylic acid groups (broad SMARTS) is 1. The lowest BCUT2D eigenvalue weighted by atomic mass is 10.1. The first-order valence-electron chi connectivity index (χ1n) is 6.47. The number of rotatable bonds is 5. The Labute approximate surface area is 118 Å². The number of carboxylic acids is 1. The molecular formula is C15H21NO4. The van der Waals surface area contributed by atoms with Crippen LogP contribution in [0.2, 0.25) is 0 Å². The summed E-state index contributed by atoms with van der Waals surface area (Å²) in [7, 11) is 0. The van der Waals surface area contributed by atoms with Gasteiger partial charge in [0.05, 0.1) is 6.42 Å². The molecule has 1 aromatic carbocycles. The van der Waals surface area contributed by atoms with Gasteiger partial charge in [0.2, 0.25) is 0 Å². The molecule has 20 heavy (non-hydrogen) atoms. The minimum absolute atomic E-state index is 0.135. The van der Waals surface area contributed by atoms with Crippen LogP contribution in [0, 0.1) is 0 Å². The summed E-state index contributed by atoms with van der Waals surface area (Å²) in [4.78, 5) is 22.7. The topological polar surface area (TPSA) is 75.6 Å². The molecule has 1 aromatic rings. The maximum Gasteiger partial charge on any atom is 0.307 e. The summed E-state index contributed by atoms with van der Waals surface area (Å²) in [5.41, 5.74) is 0.213. The molecule has 5 heteroatoms. The predicted molar refractivity (Wildman–Crippen MR) is 75.8 cm³/mol. The highest BCUT2D eigenvalue weighted by molar-refractivity contribution is 5.81. The number of para-hydroxylation sites is 1. The zero-order valence-electron chi connectivity index (χ0n) is 12.3. The fourth-order valence-corrected chi connectivity index (χ4v) is 1.64. The second-order valence-corrected chi connectivity index (χ2v) is 5.68. The van der Waals surface area contributed by atoms with Crippen LogP contribution in [-0.4, -0.2) is 28.6 Å². The molecule has 0 fully saturated rings. The van der Waals surface area contributed by atoms with Gasteiger partial charge in [-0.3, -0.25) is 9.59 Å². The number of amides is 1. The van der Waals surface area contributed by atoms with E-state index in [2.05, 4.69) is 5.32 Å². The zero-order chi connectivity index (χ0) is 15.3. The van der Waals surface area contributed by atoms with Gasteiger partial charge in [0.15, 0.2) is 6.10 Å². The summed E-state index contributed by atoms with van der Waals surface area (Å²) >= 11 is 0. The van der Waals surface area contributed by atoms with Crippen LogP contribution >= 0.6 is 0 Å². The monoisotopic (exact) mass is 279 g/mol. The van der Waals surface area contributed by atoms with E-state index in [1.54, 1.807) is 31.2 Å². The average Bonchev–Trinajstić information content (AvgIpc) is 2.28. The minimum atomic E-state index is -0.937. The van der Waals surface area contributed by atoms with Gasteiger partial charge in [-0.1, -0.05) is 18.2 Å². The van der Waals surface area contributed by atoms with Gasteiger partial charge < -0.3 is 15.2 Å². The van der Waals surface area contributed by atoms with E-state index in [9.17, 15) is 9.59 Å².